The Balaban J connectivity index is 2.41. The van der Waals surface area contributed by atoms with Crippen molar-refractivity contribution in [1.82, 2.24) is 0 Å². The maximum absolute atomic E-state index is 12.9. The van der Waals surface area contributed by atoms with Gasteiger partial charge in [0.15, 0.2) is 28.3 Å². The standard InChI is InChI=1S/C20H20O8/c1-23-14-8-10(6-7-11(14)21)13-9-12(22)15-16(24-2)18(25-3)20(27-5)19(26-4)17(15)28-13/h6-9,21H,1-5H3. The summed E-state index contributed by atoms with van der Waals surface area (Å²) in [6.45, 7) is 0. The van der Waals surface area contributed by atoms with Crippen molar-refractivity contribution in [2.24, 2.45) is 0 Å². The molecule has 28 heavy (non-hydrogen) atoms. The van der Waals surface area contributed by atoms with Crippen LogP contribution in [0.3, 0.4) is 0 Å². The summed E-state index contributed by atoms with van der Waals surface area (Å²) in [6, 6.07) is 5.93. The van der Waals surface area contributed by atoms with E-state index in [9.17, 15) is 9.90 Å². The van der Waals surface area contributed by atoms with Crippen molar-refractivity contribution in [1.29, 1.82) is 0 Å². The van der Waals surface area contributed by atoms with E-state index in [1.165, 1.54) is 47.7 Å². The third-order valence-electron chi connectivity index (χ3n) is 4.28. The van der Waals surface area contributed by atoms with Crippen molar-refractivity contribution >= 4 is 11.0 Å². The third kappa shape index (κ3) is 2.92. The number of hydrogen-bond acceptors (Lipinski definition) is 8. The molecule has 0 spiro atoms. The van der Waals surface area contributed by atoms with E-state index in [1.807, 2.05) is 0 Å². The number of fused-ring (bicyclic) bond motifs is 1. The normalized spacial score (nSPS) is 10.6. The Labute approximate surface area is 160 Å². The summed E-state index contributed by atoms with van der Waals surface area (Å²) < 4.78 is 32.7. The van der Waals surface area contributed by atoms with E-state index < -0.39 is 0 Å². The minimum absolute atomic E-state index is 0.0277. The maximum atomic E-state index is 12.9. The number of hydrogen-bond donors (Lipinski definition) is 1. The third-order valence-corrected chi connectivity index (χ3v) is 4.28. The molecule has 0 atom stereocenters. The molecule has 8 nitrogen and oxygen atoms in total. The Morgan fingerprint density at radius 2 is 1.39 bits per heavy atom. The molecule has 1 N–H and O–H groups in total. The molecule has 0 fully saturated rings. The minimum atomic E-state index is -0.362. The van der Waals surface area contributed by atoms with Crippen LogP contribution in [0.15, 0.2) is 33.5 Å². The number of aromatic hydroxyl groups is 1. The monoisotopic (exact) mass is 388 g/mol. The van der Waals surface area contributed by atoms with Crippen molar-refractivity contribution in [3.05, 3.63) is 34.5 Å². The largest absolute Gasteiger partial charge is 0.504 e. The maximum Gasteiger partial charge on any atom is 0.211 e. The van der Waals surface area contributed by atoms with E-state index in [4.69, 9.17) is 28.1 Å². The predicted octanol–water partition coefficient (Wildman–Crippen LogP) is 3.21. The highest BCUT2D eigenvalue weighted by Crippen LogP contribution is 2.50. The molecule has 0 amide bonds. The topological polar surface area (TPSA) is 96.6 Å². The Bertz CT molecular complexity index is 1080. The Kier molecular flexibility index (Phi) is 5.21. The molecule has 3 aromatic rings. The van der Waals surface area contributed by atoms with Gasteiger partial charge < -0.3 is 33.2 Å². The Morgan fingerprint density at radius 3 is 1.96 bits per heavy atom. The average molecular weight is 388 g/mol. The zero-order valence-electron chi connectivity index (χ0n) is 16.1. The average Bonchev–Trinajstić information content (AvgIpc) is 2.71. The van der Waals surface area contributed by atoms with Gasteiger partial charge in [-0.2, -0.15) is 0 Å². The van der Waals surface area contributed by atoms with Gasteiger partial charge in [0.25, 0.3) is 0 Å². The van der Waals surface area contributed by atoms with Gasteiger partial charge >= 0.3 is 0 Å². The van der Waals surface area contributed by atoms with Crippen LogP contribution in [0.4, 0.5) is 0 Å². The van der Waals surface area contributed by atoms with Gasteiger partial charge in [-0.05, 0) is 18.2 Å². The summed E-state index contributed by atoms with van der Waals surface area (Å²) in [5, 5.41) is 9.96. The predicted molar refractivity (Wildman–Crippen MR) is 102 cm³/mol. The lowest BCUT2D eigenvalue weighted by molar-refractivity contribution is 0.307. The number of ether oxygens (including phenoxy) is 5. The van der Waals surface area contributed by atoms with Gasteiger partial charge in [-0.1, -0.05) is 0 Å². The fraction of sp³-hybridized carbons (Fsp3) is 0.250. The first-order chi connectivity index (χ1) is 13.5. The molecule has 3 rings (SSSR count). The first-order valence-corrected chi connectivity index (χ1v) is 8.21. The van der Waals surface area contributed by atoms with Crippen molar-refractivity contribution in [2.45, 2.75) is 0 Å². The van der Waals surface area contributed by atoms with Crippen molar-refractivity contribution in [3.8, 4) is 45.8 Å². The quantitative estimate of drug-likeness (QED) is 0.688. The minimum Gasteiger partial charge on any atom is -0.504 e. The molecule has 1 heterocycles. The SMILES string of the molecule is COc1cc(-c2cc(=O)c3c(OC)c(OC)c(OC)c(OC)c3o2)ccc1O. The fourth-order valence-electron chi connectivity index (χ4n) is 3.02. The number of benzene rings is 2. The van der Waals surface area contributed by atoms with Gasteiger partial charge in [-0.25, -0.2) is 0 Å². The zero-order chi connectivity index (χ0) is 20.4. The molecule has 0 saturated carbocycles. The van der Waals surface area contributed by atoms with E-state index in [-0.39, 0.29) is 56.7 Å². The number of rotatable bonds is 6. The first kappa shape index (κ1) is 19.2. The van der Waals surface area contributed by atoms with Crippen LogP contribution in [-0.2, 0) is 0 Å². The molecule has 8 heteroatoms. The second kappa shape index (κ2) is 7.59. The van der Waals surface area contributed by atoms with Crippen LogP contribution in [0.1, 0.15) is 0 Å². The molecule has 0 unspecified atom stereocenters. The van der Waals surface area contributed by atoms with Crippen molar-refractivity contribution < 1.29 is 33.2 Å². The Hall–Kier alpha value is -3.55. The van der Waals surface area contributed by atoms with Crippen LogP contribution in [-0.4, -0.2) is 40.7 Å². The van der Waals surface area contributed by atoms with Crippen LogP contribution in [0.2, 0.25) is 0 Å². The second-order valence-electron chi connectivity index (χ2n) is 5.70. The first-order valence-electron chi connectivity index (χ1n) is 8.21. The Morgan fingerprint density at radius 1 is 0.786 bits per heavy atom. The van der Waals surface area contributed by atoms with Gasteiger partial charge in [0.05, 0.1) is 35.5 Å². The molecule has 0 bridgehead atoms. The van der Waals surface area contributed by atoms with E-state index >= 15 is 0 Å². The highest BCUT2D eigenvalue weighted by atomic mass is 16.5. The molecule has 0 radical (unpaired) electrons. The van der Waals surface area contributed by atoms with Gasteiger partial charge in [-0.3, -0.25) is 4.79 Å². The summed E-state index contributed by atoms with van der Waals surface area (Å²) in [5.41, 5.74) is 0.315. The molecular formula is C20H20O8. The van der Waals surface area contributed by atoms with Gasteiger partial charge in [0.2, 0.25) is 17.2 Å². The highest BCUT2D eigenvalue weighted by Gasteiger charge is 2.27. The van der Waals surface area contributed by atoms with Gasteiger partial charge in [-0.15, -0.1) is 0 Å². The van der Waals surface area contributed by atoms with E-state index in [0.29, 0.717) is 5.56 Å². The second-order valence-corrected chi connectivity index (χ2v) is 5.70. The van der Waals surface area contributed by atoms with E-state index in [0.717, 1.165) is 0 Å². The zero-order valence-corrected chi connectivity index (χ0v) is 16.1. The lowest BCUT2D eigenvalue weighted by Gasteiger charge is -2.17. The van der Waals surface area contributed by atoms with Gasteiger partial charge in [0.1, 0.15) is 11.1 Å². The molecule has 0 saturated heterocycles. The van der Waals surface area contributed by atoms with Crippen molar-refractivity contribution in [3.63, 3.8) is 0 Å². The summed E-state index contributed by atoms with van der Waals surface area (Å²) in [6.07, 6.45) is 0. The molecule has 0 aliphatic heterocycles. The summed E-state index contributed by atoms with van der Waals surface area (Å²) in [4.78, 5) is 12.9. The smallest absolute Gasteiger partial charge is 0.211 e. The van der Waals surface area contributed by atoms with Crippen LogP contribution in [0.5, 0.6) is 34.5 Å². The highest BCUT2D eigenvalue weighted by molar-refractivity contribution is 5.95. The lowest BCUT2D eigenvalue weighted by Crippen LogP contribution is -2.07. The molecule has 2 aromatic carbocycles. The van der Waals surface area contributed by atoms with Crippen LogP contribution in [0, 0.1) is 0 Å². The summed E-state index contributed by atoms with van der Waals surface area (Å²) in [7, 11) is 7.16. The van der Waals surface area contributed by atoms with E-state index in [1.54, 1.807) is 12.1 Å². The summed E-state index contributed by atoms with van der Waals surface area (Å²) in [5.74, 6) is 1.30. The lowest BCUT2D eigenvalue weighted by atomic mass is 10.1. The molecule has 0 aliphatic rings. The summed E-state index contributed by atoms with van der Waals surface area (Å²) >= 11 is 0. The van der Waals surface area contributed by atoms with Crippen LogP contribution in [0.25, 0.3) is 22.3 Å². The number of methoxy groups -OCH3 is 5. The molecule has 1 aromatic heterocycles. The van der Waals surface area contributed by atoms with Crippen molar-refractivity contribution in [2.75, 3.05) is 35.5 Å². The molecule has 0 aliphatic carbocycles. The van der Waals surface area contributed by atoms with E-state index in [2.05, 4.69) is 0 Å². The van der Waals surface area contributed by atoms with Gasteiger partial charge in [0, 0.05) is 11.6 Å². The molecule has 148 valence electrons. The number of phenols is 1. The molecular weight excluding hydrogens is 368 g/mol. The van der Waals surface area contributed by atoms with Crippen LogP contribution < -0.4 is 29.1 Å². The van der Waals surface area contributed by atoms with Crippen LogP contribution >= 0.6 is 0 Å². The fourth-order valence-corrected chi connectivity index (χ4v) is 3.02. The number of phenolic OH excluding ortho intramolecular Hbond substituents is 1.